The number of thiazole rings is 1. The van der Waals surface area contributed by atoms with Gasteiger partial charge < -0.3 is 10.1 Å². The molecule has 0 saturated carbocycles. The Kier molecular flexibility index (Phi) is 5.25. The molecule has 108 valence electrons. The van der Waals surface area contributed by atoms with Gasteiger partial charge in [-0.3, -0.25) is 9.48 Å². The van der Waals surface area contributed by atoms with Gasteiger partial charge in [-0.15, -0.1) is 11.3 Å². The number of nitrogens with zero attached hydrogens (tertiary/aromatic N) is 3. The molecule has 6 nitrogen and oxygen atoms in total. The highest BCUT2D eigenvalue weighted by Crippen LogP contribution is 2.21. The molecule has 2 rings (SSSR count). The van der Waals surface area contributed by atoms with Crippen LogP contribution in [0.3, 0.4) is 0 Å². The van der Waals surface area contributed by atoms with Gasteiger partial charge in [0.25, 0.3) is 0 Å². The van der Waals surface area contributed by atoms with Crippen molar-refractivity contribution in [2.45, 2.75) is 19.9 Å². The predicted octanol–water partition coefficient (Wildman–Crippen LogP) is 1.59. The minimum Gasteiger partial charge on any atom is -0.372 e. The SMILES string of the molecule is CCCOCC(=O)NCc1csc(-c2ccn(C)n2)n1. The topological polar surface area (TPSA) is 69.0 Å². The number of carbonyl (C=O) groups excluding carboxylic acids is 1. The van der Waals surface area contributed by atoms with Crippen molar-refractivity contribution in [1.82, 2.24) is 20.1 Å². The first-order chi connectivity index (χ1) is 9.69. The summed E-state index contributed by atoms with van der Waals surface area (Å²) in [5.41, 5.74) is 1.68. The molecule has 1 amide bonds. The summed E-state index contributed by atoms with van der Waals surface area (Å²) >= 11 is 1.52. The zero-order valence-corrected chi connectivity index (χ0v) is 12.4. The molecule has 0 radical (unpaired) electrons. The zero-order chi connectivity index (χ0) is 14.4. The Morgan fingerprint density at radius 1 is 1.55 bits per heavy atom. The molecule has 1 N–H and O–H groups in total. The number of hydrogen-bond acceptors (Lipinski definition) is 5. The van der Waals surface area contributed by atoms with Crippen molar-refractivity contribution >= 4 is 17.2 Å². The average molecular weight is 294 g/mol. The first-order valence-electron chi connectivity index (χ1n) is 6.48. The number of aromatic nitrogens is 3. The van der Waals surface area contributed by atoms with Gasteiger partial charge in [0.1, 0.15) is 17.3 Å². The Bertz CT molecular complexity index is 564. The summed E-state index contributed by atoms with van der Waals surface area (Å²) < 4.78 is 6.91. The van der Waals surface area contributed by atoms with Crippen LogP contribution in [0.15, 0.2) is 17.6 Å². The molecule has 2 aromatic rings. The van der Waals surface area contributed by atoms with Crippen molar-refractivity contribution in [2.24, 2.45) is 7.05 Å². The summed E-state index contributed by atoms with van der Waals surface area (Å²) in [7, 11) is 1.87. The standard InChI is InChI=1S/C13H18N4O2S/c1-3-6-19-8-12(18)14-7-10-9-20-13(15-10)11-4-5-17(2)16-11/h4-5,9H,3,6-8H2,1-2H3,(H,14,18). The third-order valence-corrected chi connectivity index (χ3v) is 3.45. The molecule has 20 heavy (non-hydrogen) atoms. The number of carbonyl (C=O) groups is 1. The van der Waals surface area contributed by atoms with E-state index in [9.17, 15) is 4.79 Å². The van der Waals surface area contributed by atoms with Gasteiger partial charge in [0.15, 0.2) is 0 Å². The van der Waals surface area contributed by atoms with Crippen LogP contribution in [-0.2, 0) is 23.1 Å². The Hall–Kier alpha value is -1.73. The van der Waals surface area contributed by atoms with Crippen LogP contribution in [0, 0.1) is 0 Å². The number of amides is 1. The molecular formula is C13H18N4O2S. The minimum absolute atomic E-state index is 0.102. The maximum absolute atomic E-state index is 11.5. The quantitative estimate of drug-likeness (QED) is 0.787. The highest BCUT2D eigenvalue weighted by Gasteiger charge is 2.08. The number of rotatable bonds is 7. The first kappa shape index (κ1) is 14.7. The lowest BCUT2D eigenvalue weighted by atomic mass is 10.4. The van der Waals surface area contributed by atoms with Crippen LogP contribution < -0.4 is 5.32 Å². The fourth-order valence-corrected chi connectivity index (χ4v) is 2.37. The van der Waals surface area contributed by atoms with Crippen LogP contribution in [0.4, 0.5) is 0 Å². The Balaban J connectivity index is 1.82. The maximum Gasteiger partial charge on any atom is 0.246 e. The van der Waals surface area contributed by atoms with E-state index >= 15 is 0 Å². The van der Waals surface area contributed by atoms with E-state index in [0.717, 1.165) is 22.8 Å². The summed E-state index contributed by atoms with van der Waals surface area (Å²) in [6.45, 7) is 3.13. The Morgan fingerprint density at radius 2 is 2.40 bits per heavy atom. The van der Waals surface area contributed by atoms with Gasteiger partial charge in [-0.25, -0.2) is 4.98 Å². The van der Waals surface area contributed by atoms with Crippen LogP contribution in [0.25, 0.3) is 10.7 Å². The number of aryl methyl sites for hydroxylation is 1. The fourth-order valence-electron chi connectivity index (χ4n) is 1.58. The van der Waals surface area contributed by atoms with Gasteiger partial charge >= 0.3 is 0 Å². The molecule has 0 unspecified atom stereocenters. The largest absolute Gasteiger partial charge is 0.372 e. The number of ether oxygens (including phenoxy) is 1. The van der Waals surface area contributed by atoms with E-state index < -0.39 is 0 Å². The van der Waals surface area contributed by atoms with Crippen molar-refractivity contribution in [3.63, 3.8) is 0 Å². The van der Waals surface area contributed by atoms with E-state index in [-0.39, 0.29) is 12.5 Å². The second-order valence-corrected chi connectivity index (χ2v) is 5.21. The van der Waals surface area contributed by atoms with Gasteiger partial charge in [-0.05, 0) is 12.5 Å². The van der Waals surface area contributed by atoms with E-state index in [0.29, 0.717) is 13.2 Å². The maximum atomic E-state index is 11.5. The highest BCUT2D eigenvalue weighted by atomic mass is 32.1. The molecule has 0 aliphatic carbocycles. The molecule has 0 atom stereocenters. The van der Waals surface area contributed by atoms with E-state index in [1.54, 1.807) is 4.68 Å². The van der Waals surface area contributed by atoms with Crippen molar-refractivity contribution in [2.75, 3.05) is 13.2 Å². The molecule has 0 aliphatic heterocycles. The van der Waals surface area contributed by atoms with Gasteiger partial charge in [0.05, 0.1) is 12.2 Å². The fraction of sp³-hybridized carbons (Fsp3) is 0.462. The van der Waals surface area contributed by atoms with Gasteiger partial charge in [0.2, 0.25) is 5.91 Å². The smallest absolute Gasteiger partial charge is 0.246 e. The zero-order valence-electron chi connectivity index (χ0n) is 11.6. The third-order valence-electron chi connectivity index (χ3n) is 2.53. The molecule has 0 saturated heterocycles. The summed E-state index contributed by atoms with van der Waals surface area (Å²) in [4.78, 5) is 15.9. The molecule has 0 aromatic carbocycles. The molecule has 2 aromatic heterocycles. The van der Waals surface area contributed by atoms with E-state index in [1.165, 1.54) is 11.3 Å². The van der Waals surface area contributed by atoms with Gasteiger partial charge in [0, 0.05) is 25.2 Å². The summed E-state index contributed by atoms with van der Waals surface area (Å²) in [5, 5.41) is 9.87. The molecule has 0 spiro atoms. The van der Waals surface area contributed by atoms with E-state index in [1.807, 2.05) is 31.6 Å². The molecule has 0 bridgehead atoms. The lowest BCUT2D eigenvalue weighted by molar-refractivity contribution is -0.125. The van der Waals surface area contributed by atoms with E-state index in [4.69, 9.17) is 4.74 Å². The van der Waals surface area contributed by atoms with Gasteiger partial charge in [-0.1, -0.05) is 6.92 Å². The van der Waals surface area contributed by atoms with Crippen LogP contribution in [0.5, 0.6) is 0 Å². The Morgan fingerprint density at radius 3 is 3.10 bits per heavy atom. The van der Waals surface area contributed by atoms with Crippen molar-refractivity contribution in [1.29, 1.82) is 0 Å². The molecule has 7 heteroatoms. The second kappa shape index (κ2) is 7.16. The summed E-state index contributed by atoms with van der Waals surface area (Å²) in [6.07, 6.45) is 2.79. The number of hydrogen-bond donors (Lipinski definition) is 1. The van der Waals surface area contributed by atoms with Crippen LogP contribution in [0.2, 0.25) is 0 Å². The molecular weight excluding hydrogens is 276 g/mol. The van der Waals surface area contributed by atoms with Crippen molar-refractivity contribution in [3.8, 4) is 10.7 Å². The Labute approximate surface area is 121 Å². The highest BCUT2D eigenvalue weighted by molar-refractivity contribution is 7.13. The lowest BCUT2D eigenvalue weighted by Crippen LogP contribution is -2.27. The van der Waals surface area contributed by atoms with Crippen LogP contribution >= 0.6 is 11.3 Å². The second-order valence-electron chi connectivity index (χ2n) is 4.35. The minimum atomic E-state index is -0.120. The molecule has 2 heterocycles. The van der Waals surface area contributed by atoms with Crippen molar-refractivity contribution in [3.05, 3.63) is 23.3 Å². The average Bonchev–Trinajstić information content (AvgIpc) is 3.05. The predicted molar refractivity (Wildman–Crippen MR) is 77.3 cm³/mol. The van der Waals surface area contributed by atoms with Crippen LogP contribution in [-0.4, -0.2) is 33.9 Å². The normalized spacial score (nSPS) is 10.7. The molecule has 0 fully saturated rings. The number of nitrogens with one attached hydrogen (secondary N) is 1. The first-order valence-corrected chi connectivity index (χ1v) is 7.36. The third kappa shape index (κ3) is 4.14. The summed E-state index contributed by atoms with van der Waals surface area (Å²) in [5.74, 6) is -0.120. The molecule has 0 aliphatic rings. The van der Waals surface area contributed by atoms with E-state index in [2.05, 4.69) is 15.4 Å². The van der Waals surface area contributed by atoms with Crippen molar-refractivity contribution < 1.29 is 9.53 Å². The van der Waals surface area contributed by atoms with Gasteiger partial charge in [-0.2, -0.15) is 5.10 Å². The lowest BCUT2D eigenvalue weighted by Gasteiger charge is -2.03. The summed E-state index contributed by atoms with van der Waals surface area (Å²) in [6, 6.07) is 1.92. The van der Waals surface area contributed by atoms with Crippen LogP contribution in [0.1, 0.15) is 19.0 Å². The monoisotopic (exact) mass is 294 g/mol.